The fraction of sp³-hybridized carbons (Fsp3) is 1.00. The lowest BCUT2D eigenvalue weighted by Gasteiger charge is -2.36. The summed E-state index contributed by atoms with van der Waals surface area (Å²) in [5, 5.41) is 11.1. The fourth-order valence-electron chi connectivity index (χ4n) is 1.34. The normalized spacial score (nSPS) is 41.0. The molecule has 2 heterocycles. The summed E-state index contributed by atoms with van der Waals surface area (Å²) in [5.74, 6) is 0.583. The van der Waals surface area contributed by atoms with Gasteiger partial charge in [0.25, 0.3) is 5.06 Å². The van der Waals surface area contributed by atoms with Crippen molar-refractivity contribution in [2.75, 3.05) is 26.6 Å². The average Bonchev–Trinajstić information content (AvgIpc) is 2.88. The van der Waals surface area contributed by atoms with Gasteiger partial charge < -0.3 is 9.47 Å². The molecule has 0 aliphatic carbocycles. The van der Waals surface area contributed by atoms with Crippen LogP contribution >= 0.6 is 23.7 Å². The summed E-state index contributed by atoms with van der Waals surface area (Å²) in [5.41, 5.74) is 0. The Morgan fingerprint density at radius 2 is 2.07 bits per heavy atom. The number of hydrogen-bond donors (Lipinski definition) is 0. The van der Waals surface area contributed by atoms with Crippen molar-refractivity contribution in [2.45, 2.75) is 9.99 Å². The van der Waals surface area contributed by atoms with Gasteiger partial charge in [0.1, 0.15) is 12.4 Å². The van der Waals surface area contributed by atoms with Gasteiger partial charge in [-0.3, -0.25) is 0 Å². The highest BCUT2D eigenvalue weighted by Crippen LogP contribution is 2.52. The van der Waals surface area contributed by atoms with Gasteiger partial charge in [-0.25, -0.2) is 0 Å². The zero-order chi connectivity index (χ0) is 10.1. The Bertz CT molecular complexity index is 277. The second-order valence-corrected chi connectivity index (χ2v) is 4.84. The van der Waals surface area contributed by atoms with Crippen molar-refractivity contribution in [1.82, 2.24) is 0 Å². The standard InChI is InChI=1S/C6H10N4O2S2/c1-11-5(3-7-10-14-5)6(12-2)9-8-4-13-6/h3-4H2,1-2H3/t5-,6-/m1/s1. The zero-order valence-electron chi connectivity index (χ0n) is 7.84. The maximum Gasteiger partial charge on any atom is 0.270 e. The number of thioether (sulfide) groups is 1. The zero-order valence-corrected chi connectivity index (χ0v) is 9.47. The van der Waals surface area contributed by atoms with Crippen LogP contribution in [0.3, 0.4) is 0 Å². The van der Waals surface area contributed by atoms with E-state index in [1.807, 2.05) is 0 Å². The van der Waals surface area contributed by atoms with Gasteiger partial charge in [-0.1, -0.05) is 11.8 Å². The van der Waals surface area contributed by atoms with E-state index >= 15 is 0 Å². The molecule has 0 aromatic heterocycles. The third-order valence-electron chi connectivity index (χ3n) is 2.13. The number of methoxy groups -OCH3 is 2. The van der Waals surface area contributed by atoms with E-state index in [1.54, 1.807) is 14.2 Å². The van der Waals surface area contributed by atoms with Crippen molar-refractivity contribution >= 4 is 23.7 Å². The Morgan fingerprint density at radius 1 is 1.21 bits per heavy atom. The fourth-order valence-corrected chi connectivity index (χ4v) is 3.20. The quantitative estimate of drug-likeness (QED) is 0.699. The molecule has 14 heavy (non-hydrogen) atoms. The van der Waals surface area contributed by atoms with Crippen LogP contribution in [-0.2, 0) is 9.47 Å². The summed E-state index contributed by atoms with van der Waals surface area (Å²) in [6.45, 7) is 0.439. The molecule has 8 heteroatoms. The minimum atomic E-state index is -0.810. The van der Waals surface area contributed by atoms with Crippen LogP contribution in [0.1, 0.15) is 0 Å². The van der Waals surface area contributed by atoms with E-state index < -0.39 is 9.99 Å². The van der Waals surface area contributed by atoms with Crippen LogP contribution in [0.15, 0.2) is 19.9 Å². The first-order valence-corrected chi connectivity index (χ1v) is 5.72. The molecule has 0 unspecified atom stereocenters. The summed E-state index contributed by atoms with van der Waals surface area (Å²) in [7, 11) is 3.20. The topological polar surface area (TPSA) is 67.9 Å². The van der Waals surface area contributed by atoms with E-state index in [-0.39, 0.29) is 0 Å². The first-order valence-electron chi connectivity index (χ1n) is 3.96. The summed E-state index contributed by atoms with van der Waals surface area (Å²) >= 11 is 2.74. The molecule has 0 amide bonds. The van der Waals surface area contributed by atoms with E-state index in [4.69, 9.17) is 9.47 Å². The number of hydrogen-bond acceptors (Lipinski definition) is 8. The summed E-state index contributed by atoms with van der Waals surface area (Å²) < 4.78 is 14.7. The largest absolute Gasteiger partial charge is 0.358 e. The molecule has 0 radical (unpaired) electrons. The summed E-state index contributed by atoms with van der Waals surface area (Å²) in [6.07, 6.45) is 0. The third-order valence-corrected chi connectivity index (χ3v) is 4.54. The number of azo groups is 1. The SMILES string of the molecule is CO[C@@]1([C@@]2(OC)CN=NS2)N=NCS1. The lowest BCUT2D eigenvalue weighted by molar-refractivity contribution is -0.0699. The molecule has 2 atom stereocenters. The minimum Gasteiger partial charge on any atom is -0.358 e. The van der Waals surface area contributed by atoms with Gasteiger partial charge >= 0.3 is 0 Å². The van der Waals surface area contributed by atoms with Crippen LogP contribution in [0.5, 0.6) is 0 Å². The monoisotopic (exact) mass is 234 g/mol. The van der Waals surface area contributed by atoms with Gasteiger partial charge in [-0.15, -0.1) is 9.63 Å². The highest BCUT2D eigenvalue weighted by atomic mass is 32.2. The lowest BCUT2D eigenvalue weighted by Crippen LogP contribution is -2.50. The van der Waals surface area contributed by atoms with Gasteiger partial charge in [-0.05, 0) is 0 Å². The Hall–Kier alpha value is -0.180. The van der Waals surface area contributed by atoms with Crippen molar-refractivity contribution in [3.8, 4) is 0 Å². The molecule has 0 spiro atoms. The summed E-state index contributed by atoms with van der Waals surface area (Å²) in [4.78, 5) is -0.674. The molecule has 0 N–H and O–H groups in total. The second kappa shape index (κ2) is 3.76. The molecule has 0 saturated carbocycles. The van der Waals surface area contributed by atoms with Crippen molar-refractivity contribution < 1.29 is 9.47 Å². The van der Waals surface area contributed by atoms with Crippen molar-refractivity contribution in [1.29, 1.82) is 0 Å². The Kier molecular flexibility index (Phi) is 2.78. The third kappa shape index (κ3) is 1.28. The molecule has 2 rings (SSSR count). The van der Waals surface area contributed by atoms with Crippen LogP contribution in [0, 0.1) is 0 Å². The van der Waals surface area contributed by atoms with Crippen LogP contribution in [0.2, 0.25) is 0 Å². The predicted octanol–water partition coefficient (Wildman–Crippen LogP) is 1.90. The van der Waals surface area contributed by atoms with Gasteiger partial charge in [-0.2, -0.15) is 10.2 Å². The van der Waals surface area contributed by atoms with E-state index in [0.29, 0.717) is 12.4 Å². The maximum absolute atomic E-state index is 5.45. The lowest BCUT2D eigenvalue weighted by atomic mass is 10.3. The molecule has 0 fully saturated rings. The van der Waals surface area contributed by atoms with Crippen molar-refractivity contribution in [3.05, 3.63) is 0 Å². The smallest absolute Gasteiger partial charge is 0.270 e. The van der Waals surface area contributed by atoms with Gasteiger partial charge in [0.05, 0.1) is 0 Å². The van der Waals surface area contributed by atoms with Gasteiger partial charge in [0.2, 0.25) is 4.93 Å². The van der Waals surface area contributed by atoms with Crippen LogP contribution in [0.4, 0.5) is 0 Å². The molecule has 0 aromatic rings. The molecule has 0 aromatic carbocycles. The van der Waals surface area contributed by atoms with E-state index in [9.17, 15) is 0 Å². The Labute approximate surface area is 90.1 Å². The second-order valence-electron chi connectivity index (χ2n) is 2.73. The summed E-state index contributed by atoms with van der Waals surface area (Å²) in [6, 6.07) is 0. The number of ether oxygens (including phenoxy) is 2. The van der Waals surface area contributed by atoms with Gasteiger partial charge in [0.15, 0.2) is 0 Å². The Morgan fingerprint density at radius 3 is 2.50 bits per heavy atom. The molecule has 0 bridgehead atoms. The first kappa shape index (κ1) is 10.3. The highest BCUT2D eigenvalue weighted by Gasteiger charge is 2.59. The van der Waals surface area contributed by atoms with Crippen molar-refractivity contribution in [2.24, 2.45) is 19.9 Å². The minimum absolute atomic E-state index is 0.439. The number of nitrogens with zero attached hydrogens (tertiary/aromatic N) is 4. The molecular weight excluding hydrogens is 224 g/mol. The Balaban J connectivity index is 2.29. The van der Waals surface area contributed by atoms with E-state index in [2.05, 4.69) is 19.9 Å². The van der Waals surface area contributed by atoms with E-state index in [1.165, 1.54) is 23.7 Å². The van der Waals surface area contributed by atoms with Gasteiger partial charge in [0, 0.05) is 26.2 Å². The molecular formula is C6H10N4O2S2. The molecule has 2 aliphatic rings. The highest BCUT2D eigenvalue weighted by molar-refractivity contribution is 8.04. The molecule has 2 aliphatic heterocycles. The van der Waals surface area contributed by atoms with Crippen LogP contribution in [-0.4, -0.2) is 36.6 Å². The molecule has 6 nitrogen and oxygen atoms in total. The average molecular weight is 234 g/mol. The first-order chi connectivity index (χ1) is 6.79. The number of rotatable bonds is 3. The van der Waals surface area contributed by atoms with Crippen LogP contribution < -0.4 is 0 Å². The van der Waals surface area contributed by atoms with Crippen molar-refractivity contribution in [3.63, 3.8) is 0 Å². The predicted molar refractivity (Wildman–Crippen MR) is 54.1 cm³/mol. The van der Waals surface area contributed by atoms with E-state index in [0.717, 1.165) is 0 Å². The molecule has 78 valence electrons. The van der Waals surface area contributed by atoms with Crippen LogP contribution in [0.25, 0.3) is 0 Å². The maximum atomic E-state index is 5.45. The molecule has 0 saturated heterocycles.